The van der Waals surface area contributed by atoms with Crippen LogP contribution >= 0.6 is 0 Å². The highest BCUT2D eigenvalue weighted by Gasteiger charge is 1.94. The fraction of sp³-hybridized carbons (Fsp3) is 0.650. The summed E-state index contributed by atoms with van der Waals surface area (Å²) in [5.41, 5.74) is 0. The molecule has 0 radical (unpaired) electrons. The van der Waals surface area contributed by atoms with E-state index in [1.54, 1.807) is 0 Å². The van der Waals surface area contributed by atoms with Crippen molar-refractivity contribution in [3.63, 3.8) is 0 Å². The molecule has 0 N–H and O–H groups in total. The minimum atomic E-state index is -0.245. The highest BCUT2D eigenvalue weighted by Crippen LogP contribution is 2.05. The Hall–Kier alpha value is -1.71. The summed E-state index contributed by atoms with van der Waals surface area (Å²) in [7, 11) is 0. The van der Waals surface area contributed by atoms with Gasteiger partial charge in [0.25, 0.3) is 0 Å². The van der Waals surface area contributed by atoms with Gasteiger partial charge >= 0.3 is 0 Å². The number of rotatable bonds is 17. The molecule has 0 unspecified atom stereocenters. The van der Waals surface area contributed by atoms with Crippen LogP contribution in [0.1, 0.15) is 77.0 Å². The Morgan fingerprint density at radius 1 is 0.625 bits per heavy atom. The summed E-state index contributed by atoms with van der Waals surface area (Å²) in [6.45, 7) is 0.0974. The van der Waals surface area contributed by atoms with Crippen LogP contribution in [0.4, 0.5) is 0 Å². The molecule has 4 nitrogen and oxygen atoms in total. The fourth-order valence-corrected chi connectivity index (χ4v) is 2.30. The molecule has 0 atom stereocenters. The van der Waals surface area contributed by atoms with Crippen molar-refractivity contribution in [2.75, 3.05) is 6.54 Å². The number of nitro groups is 1. The summed E-state index contributed by atoms with van der Waals surface area (Å²) in [6, 6.07) is 0. The number of nitrogens with zero attached hydrogens (tertiary/aromatic N) is 1. The maximum atomic E-state index is 10.2. The largest absolute Gasteiger partial charge is 0.303 e. The first-order valence-corrected chi connectivity index (χ1v) is 9.27. The molecule has 0 spiro atoms. The van der Waals surface area contributed by atoms with Gasteiger partial charge in [-0.05, 0) is 51.4 Å². The SMILES string of the molecule is O=CCCCCCCC=CCC=CCC=CCCCCC[N+](=O)[O-]. The second-order valence-electron chi connectivity index (χ2n) is 5.95. The summed E-state index contributed by atoms with van der Waals surface area (Å²) in [6.07, 6.45) is 26.2. The maximum Gasteiger partial charge on any atom is 0.203 e. The van der Waals surface area contributed by atoms with Crippen LogP contribution in [0.3, 0.4) is 0 Å². The summed E-state index contributed by atoms with van der Waals surface area (Å²) >= 11 is 0. The second-order valence-corrected chi connectivity index (χ2v) is 5.95. The molecule has 0 fully saturated rings. The Balaban J connectivity index is 3.30. The molecule has 4 heteroatoms. The summed E-state index contributed by atoms with van der Waals surface area (Å²) in [5, 5.41) is 10.2. The first-order chi connectivity index (χ1) is 11.8. The van der Waals surface area contributed by atoms with Crippen molar-refractivity contribution >= 4 is 6.29 Å². The monoisotopic (exact) mass is 335 g/mol. The van der Waals surface area contributed by atoms with Crippen LogP contribution in [0.15, 0.2) is 36.5 Å². The third-order valence-corrected chi connectivity index (χ3v) is 3.70. The minimum Gasteiger partial charge on any atom is -0.303 e. The molecule has 0 bridgehead atoms. The lowest BCUT2D eigenvalue weighted by Crippen LogP contribution is -1.99. The Morgan fingerprint density at radius 3 is 1.58 bits per heavy atom. The Bertz CT molecular complexity index is 386. The number of unbranched alkanes of at least 4 members (excludes halogenated alkanes) is 8. The average molecular weight is 335 g/mol. The first kappa shape index (κ1) is 22.3. The molecule has 0 aliphatic rings. The van der Waals surface area contributed by atoms with Crippen molar-refractivity contribution < 1.29 is 9.72 Å². The van der Waals surface area contributed by atoms with E-state index < -0.39 is 0 Å². The molecule has 0 saturated heterocycles. The third kappa shape index (κ3) is 20.3. The van der Waals surface area contributed by atoms with Crippen LogP contribution < -0.4 is 0 Å². The Morgan fingerprint density at radius 2 is 1.08 bits per heavy atom. The number of hydrogen-bond donors (Lipinski definition) is 0. The Kier molecular flexibility index (Phi) is 18.0. The molecule has 0 heterocycles. The number of aldehydes is 1. The summed E-state index contributed by atoms with van der Waals surface area (Å²) in [5.74, 6) is 0. The molecule has 24 heavy (non-hydrogen) atoms. The minimum absolute atomic E-state index is 0.0974. The first-order valence-electron chi connectivity index (χ1n) is 9.27. The van der Waals surface area contributed by atoms with Gasteiger partial charge in [0.1, 0.15) is 6.29 Å². The van der Waals surface area contributed by atoms with Gasteiger partial charge in [0.05, 0.1) is 0 Å². The van der Waals surface area contributed by atoms with Gasteiger partial charge in [-0.25, -0.2) is 0 Å². The highest BCUT2D eigenvalue weighted by molar-refractivity contribution is 5.48. The predicted molar refractivity (Wildman–Crippen MR) is 101 cm³/mol. The molecular weight excluding hydrogens is 302 g/mol. The highest BCUT2D eigenvalue weighted by atomic mass is 16.6. The van der Waals surface area contributed by atoms with E-state index in [1.165, 1.54) is 12.8 Å². The predicted octanol–water partition coefficient (Wildman–Crippen LogP) is 5.81. The Labute approximate surface area is 146 Å². The van der Waals surface area contributed by atoms with Gasteiger partial charge in [-0.1, -0.05) is 49.3 Å². The smallest absolute Gasteiger partial charge is 0.203 e. The standard InChI is InChI=1S/C20H33NO3/c22-20-18-16-14-12-10-8-6-4-2-1-3-5-7-9-11-13-15-17-19-21(23)24/h1,3-4,6-7,9,20H,2,5,8,10-19H2. The zero-order valence-electron chi connectivity index (χ0n) is 14.9. The maximum absolute atomic E-state index is 10.2. The summed E-state index contributed by atoms with van der Waals surface area (Å²) < 4.78 is 0. The quantitative estimate of drug-likeness (QED) is 0.111. The molecule has 0 amide bonds. The molecule has 136 valence electrons. The number of carbonyl (C=O) groups is 1. The van der Waals surface area contributed by atoms with E-state index in [4.69, 9.17) is 0 Å². The van der Waals surface area contributed by atoms with Crippen molar-refractivity contribution in [1.29, 1.82) is 0 Å². The molecule has 0 rings (SSSR count). The number of allylic oxidation sites excluding steroid dienone is 6. The molecule has 0 aromatic rings. The van der Waals surface area contributed by atoms with Crippen LogP contribution in [0.2, 0.25) is 0 Å². The van der Waals surface area contributed by atoms with Crippen LogP contribution in [-0.4, -0.2) is 17.8 Å². The van der Waals surface area contributed by atoms with Gasteiger partial charge in [-0.3, -0.25) is 10.1 Å². The lowest BCUT2D eigenvalue weighted by molar-refractivity contribution is -0.480. The zero-order valence-corrected chi connectivity index (χ0v) is 14.9. The molecule has 0 aliphatic carbocycles. The van der Waals surface area contributed by atoms with Gasteiger partial charge in [0.15, 0.2) is 0 Å². The van der Waals surface area contributed by atoms with E-state index in [9.17, 15) is 14.9 Å². The number of hydrogen-bond acceptors (Lipinski definition) is 3. The lowest BCUT2D eigenvalue weighted by atomic mass is 10.1. The van der Waals surface area contributed by atoms with E-state index >= 15 is 0 Å². The topological polar surface area (TPSA) is 60.2 Å². The van der Waals surface area contributed by atoms with Crippen LogP contribution in [0.25, 0.3) is 0 Å². The van der Waals surface area contributed by atoms with Crippen LogP contribution in [0.5, 0.6) is 0 Å². The molecule has 0 aromatic carbocycles. The van der Waals surface area contributed by atoms with Gasteiger partial charge in [0, 0.05) is 17.8 Å². The molecule has 0 saturated carbocycles. The van der Waals surface area contributed by atoms with E-state index in [2.05, 4.69) is 36.5 Å². The van der Waals surface area contributed by atoms with Crippen molar-refractivity contribution in [2.24, 2.45) is 0 Å². The summed E-state index contributed by atoms with van der Waals surface area (Å²) in [4.78, 5) is 20.1. The lowest BCUT2D eigenvalue weighted by Gasteiger charge is -1.95. The van der Waals surface area contributed by atoms with Crippen LogP contribution in [-0.2, 0) is 4.79 Å². The van der Waals surface area contributed by atoms with Gasteiger partial charge < -0.3 is 4.79 Å². The van der Waals surface area contributed by atoms with Crippen molar-refractivity contribution in [3.05, 3.63) is 46.6 Å². The normalized spacial score (nSPS) is 11.8. The van der Waals surface area contributed by atoms with Crippen molar-refractivity contribution in [3.8, 4) is 0 Å². The average Bonchev–Trinajstić information content (AvgIpc) is 2.56. The fourth-order valence-electron chi connectivity index (χ4n) is 2.30. The van der Waals surface area contributed by atoms with Crippen molar-refractivity contribution in [2.45, 2.75) is 77.0 Å². The van der Waals surface area contributed by atoms with Crippen molar-refractivity contribution in [1.82, 2.24) is 0 Å². The van der Waals surface area contributed by atoms with Gasteiger partial charge in [-0.15, -0.1) is 0 Å². The van der Waals surface area contributed by atoms with E-state index in [-0.39, 0.29) is 11.5 Å². The van der Waals surface area contributed by atoms with E-state index in [0.717, 1.165) is 57.7 Å². The third-order valence-electron chi connectivity index (χ3n) is 3.70. The van der Waals surface area contributed by atoms with Crippen LogP contribution in [0, 0.1) is 10.1 Å². The molecular formula is C20H33NO3. The second kappa shape index (κ2) is 19.3. The molecule has 0 aliphatic heterocycles. The van der Waals surface area contributed by atoms with Gasteiger partial charge in [0.2, 0.25) is 6.54 Å². The molecule has 0 aromatic heterocycles. The van der Waals surface area contributed by atoms with E-state index in [0.29, 0.717) is 12.8 Å². The number of carbonyl (C=O) groups excluding carboxylic acids is 1. The van der Waals surface area contributed by atoms with E-state index in [1.807, 2.05) is 0 Å². The zero-order chi connectivity index (χ0) is 17.7. The van der Waals surface area contributed by atoms with Gasteiger partial charge in [-0.2, -0.15) is 0 Å².